The van der Waals surface area contributed by atoms with E-state index in [2.05, 4.69) is 14.7 Å². The molecule has 2 aliphatic rings. The molecular weight excluding hydrogens is 320 g/mol. The van der Waals surface area contributed by atoms with Crippen LogP contribution >= 0.6 is 0 Å². The van der Waals surface area contributed by atoms with E-state index < -0.39 is 0 Å². The Morgan fingerprint density at radius 3 is 2.96 bits per heavy atom. The lowest BCUT2D eigenvalue weighted by molar-refractivity contribution is 0.0634. The Hall–Kier alpha value is -2.15. The summed E-state index contributed by atoms with van der Waals surface area (Å²) in [5.74, 6) is 1.45. The number of nitrogens with zero attached hydrogens (tertiary/aromatic N) is 4. The van der Waals surface area contributed by atoms with Gasteiger partial charge in [0.05, 0.1) is 25.2 Å². The summed E-state index contributed by atoms with van der Waals surface area (Å²) < 4.78 is 13.0. The van der Waals surface area contributed by atoms with Crippen LogP contribution in [0.2, 0.25) is 0 Å². The lowest BCUT2D eigenvalue weighted by atomic mass is 9.98. The first-order valence-electron chi connectivity index (χ1n) is 9.00. The first kappa shape index (κ1) is 16.3. The van der Waals surface area contributed by atoms with E-state index in [1.165, 1.54) is 18.5 Å². The highest BCUT2D eigenvalue weighted by Gasteiger charge is 2.34. The van der Waals surface area contributed by atoms with Gasteiger partial charge in [-0.05, 0) is 32.6 Å². The zero-order chi connectivity index (χ0) is 17.4. The zero-order valence-electron chi connectivity index (χ0n) is 14.8. The lowest BCUT2D eigenvalue weighted by Crippen LogP contribution is -2.40. The highest BCUT2D eigenvalue weighted by Crippen LogP contribution is 2.34. The highest BCUT2D eigenvalue weighted by molar-refractivity contribution is 5.92. The number of aryl methyl sites for hydroxylation is 1. The Labute approximate surface area is 146 Å². The molecule has 7 heteroatoms. The lowest BCUT2D eigenvalue weighted by Gasteiger charge is -2.32. The summed E-state index contributed by atoms with van der Waals surface area (Å²) >= 11 is 0. The van der Waals surface area contributed by atoms with Crippen LogP contribution in [-0.4, -0.2) is 45.3 Å². The Kier molecular flexibility index (Phi) is 4.33. The Morgan fingerprint density at radius 1 is 1.44 bits per heavy atom. The molecule has 0 radical (unpaired) electrons. The first-order chi connectivity index (χ1) is 12.2. The molecule has 1 aliphatic heterocycles. The molecule has 1 amide bonds. The maximum absolute atomic E-state index is 12.8. The van der Waals surface area contributed by atoms with E-state index in [0.29, 0.717) is 37.8 Å². The van der Waals surface area contributed by atoms with Gasteiger partial charge in [-0.15, -0.1) is 0 Å². The van der Waals surface area contributed by atoms with Gasteiger partial charge in [0.15, 0.2) is 5.69 Å². The van der Waals surface area contributed by atoms with E-state index in [4.69, 9.17) is 9.26 Å². The van der Waals surface area contributed by atoms with Crippen molar-refractivity contribution < 1.29 is 14.1 Å². The summed E-state index contributed by atoms with van der Waals surface area (Å²) in [5.41, 5.74) is 2.57. The van der Waals surface area contributed by atoms with Crippen LogP contribution in [0.3, 0.4) is 0 Å². The third-order valence-electron chi connectivity index (χ3n) is 4.94. The quantitative estimate of drug-likeness (QED) is 0.804. The molecule has 7 nitrogen and oxygen atoms in total. The van der Waals surface area contributed by atoms with Crippen LogP contribution in [0.5, 0.6) is 0 Å². The van der Waals surface area contributed by atoms with Gasteiger partial charge < -0.3 is 18.7 Å². The molecule has 1 aliphatic carbocycles. The first-order valence-corrected chi connectivity index (χ1v) is 9.00. The van der Waals surface area contributed by atoms with Crippen LogP contribution in [0.4, 0.5) is 0 Å². The summed E-state index contributed by atoms with van der Waals surface area (Å²) in [6, 6.07) is 1.68. The van der Waals surface area contributed by atoms with Crippen LogP contribution < -0.4 is 0 Å². The molecule has 4 rings (SSSR count). The Morgan fingerprint density at radius 2 is 2.28 bits per heavy atom. The molecule has 1 atom stereocenters. The van der Waals surface area contributed by atoms with Crippen molar-refractivity contribution in [3.63, 3.8) is 0 Å². The number of amides is 1. The number of aromatic nitrogens is 3. The Balaban J connectivity index is 1.58. The molecule has 0 unspecified atom stereocenters. The smallest absolute Gasteiger partial charge is 0.276 e. The molecule has 0 N–H and O–H groups in total. The minimum absolute atomic E-state index is 0.110. The van der Waals surface area contributed by atoms with Gasteiger partial charge in [0, 0.05) is 37.4 Å². The molecule has 0 bridgehead atoms. The largest absolute Gasteiger partial charge is 0.381 e. The van der Waals surface area contributed by atoms with Gasteiger partial charge in [-0.3, -0.25) is 4.79 Å². The van der Waals surface area contributed by atoms with E-state index in [9.17, 15) is 4.79 Å². The fourth-order valence-electron chi connectivity index (χ4n) is 3.52. The van der Waals surface area contributed by atoms with Crippen molar-refractivity contribution in [2.45, 2.75) is 45.7 Å². The van der Waals surface area contributed by atoms with Gasteiger partial charge in [0.2, 0.25) is 0 Å². The fraction of sp³-hybridized carbons (Fsp3) is 0.611. The van der Waals surface area contributed by atoms with Gasteiger partial charge in [-0.1, -0.05) is 5.16 Å². The minimum Gasteiger partial charge on any atom is -0.381 e. The molecule has 0 saturated heterocycles. The van der Waals surface area contributed by atoms with Crippen molar-refractivity contribution in [1.29, 1.82) is 0 Å². The second-order valence-corrected chi connectivity index (χ2v) is 7.04. The summed E-state index contributed by atoms with van der Waals surface area (Å²) in [7, 11) is 0. The van der Waals surface area contributed by atoms with Crippen molar-refractivity contribution >= 4 is 5.91 Å². The number of rotatable bonds is 6. The molecule has 1 fully saturated rings. The molecule has 1 saturated carbocycles. The normalized spacial score (nSPS) is 19.9. The summed E-state index contributed by atoms with van der Waals surface area (Å²) in [5, 5.41) is 3.86. The number of hydrogen-bond donors (Lipinski definition) is 0. The topological polar surface area (TPSA) is 73.4 Å². The van der Waals surface area contributed by atoms with Crippen LogP contribution in [0.1, 0.15) is 53.3 Å². The molecule has 2 aromatic rings. The van der Waals surface area contributed by atoms with Crippen LogP contribution in [0.25, 0.3) is 0 Å². The van der Waals surface area contributed by atoms with Crippen LogP contribution in [-0.2, 0) is 17.8 Å². The second-order valence-electron chi connectivity index (χ2n) is 7.04. The minimum atomic E-state index is -0.110. The number of ether oxygens (including phenoxy) is 1. The van der Waals surface area contributed by atoms with Crippen molar-refractivity contribution in [3.8, 4) is 0 Å². The van der Waals surface area contributed by atoms with Gasteiger partial charge in [-0.2, -0.15) is 0 Å². The number of hydrogen-bond acceptors (Lipinski definition) is 5. The third-order valence-corrected chi connectivity index (χ3v) is 4.94. The fourth-order valence-corrected chi connectivity index (χ4v) is 3.52. The SMILES string of the molecule is CCOC[C@H]1CN(C(=O)c2cc(C)on2)Cc2ncn(CC3CC3)c21. The summed E-state index contributed by atoms with van der Waals surface area (Å²) in [6.07, 6.45) is 4.54. The van der Waals surface area contributed by atoms with Crippen LogP contribution in [0, 0.1) is 12.8 Å². The second kappa shape index (κ2) is 6.63. The average Bonchev–Trinajstić information content (AvgIpc) is 3.17. The standard InChI is InChI=1S/C18H24N4O3/c1-3-24-10-14-8-21(18(23)15-6-12(2)25-20-15)9-16-17(14)22(11-19-16)7-13-4-5-13/h6,11,13-14H,3-5,7-10H2,1-2H3/t14-/m1/s1. The zero-order valence-corrected chi connectivity index (χ0v) is 14.8. The molecule has 0 aromatic carbocycles. The average molecular weight is 344 g/mol. The highest BCUT2D eigenvalue weighted by atomic mass is 16.5. The number of carbonyl (C=O) groups excluding carboxylic acids is 1. The van der Waals surface area contributed by atoms with E-state index >= 15 is 0 Å². The Bertz CT molecular complexity index is 762. The molecule has 25 heavy (non-hydrogen) atoms. The van der Waals surface area contributed by atoms with E-state index in [0.717, 1.165) is 18.2 Å². The van der Waals surface area contributed by atoms with E-state index in [-0.39, 0.29) is 11.8 Å². The van der Waals surface area contributed by atoms with Gasteiger partial charge in [0.1, 0.15) is 5.76 Å². The maximum atomic E-state index is 12.8. The maximum Gasteiger partial charge on any atom is 0.276 e. The van der Waals surface area contributed by atoms with Crippen LogP contribution in [0.15, 0.2) is 16.9 Å². The predicted octanol–water partition coefficient (Wildman–Crippen LogP) is 2.37. The molecule has 3 heterocycles. The number of imidazole rings is 1. The molecule has 0 spiro atoms. The van der Waals surface area contributed by atoms with Crippen molar-refractivity contribution in [2.75, 3.05) is 19.8 Å². The monoisotopic (exact) mass is 344 g/mol. The van der Waals surface area contributed by atoms with E-state index in [1.54, 1.807) is 17.9 Å². The molecule has 2 aromatic heterocycles. The van der Waals surface area contributed by atoms with Crippen molar-refractivity contribution in [2.24, 2.45) is 5.92 Å². The third kappa shape index (κ3) is 3.33. The molecule has 134 valence electrons. The van der Waals surface area contributed by atoms with Crippen molar-refractivity contribution in [3.05, 3.63) is 35.2 Å². The van der Waals surface area contributed by atoms with Gasteiger partial charge in [-0.25, -0.2) is 4.98 Å². The summed E-state index contributed by atoms with van der Waals surface area (Å²) in [4.78, 5) is 19.2. The predicted molar refractivity (Wildman–Crippen MR) is 90.2 cm³/mol. The number of carbonyl (C=O) groups is 1. The summed E-state index contributed by atoms with van der Waals surface area (Å²) in [6.45, 7) is 7.21. The number of fused-ring (bicyclic) bond motifs is 1. The van der Waals surface area contributed by atoms with E-state index in [1.807, 2.05) is 13.3 Å². The molecular formula is C18H24N4O3. The van der Waals surface area contributed by atoms with Gasteiger partial charge in [0.25, 0.3) is 5.91 Å². The van der Waals surface area contributed by atoms with Gasteiger partial charge >= 0.3 is 0 Å². The van der Waals surface area contributed by atoms with Crippen molar-refractivity contribution in [1.82, 2.24) is 19.6 Å².